The van der Waals surface area contributed by atoms with Crippen LogP contribution in [0.25, 0.3) is 0 Å². The van der Waals surface area contributed by atoms with Gasteiger partial charge in [0, 0.05) is 12.2 Å². The first-order chi connectivity index (χ1) is 6.34. The minimum atomic E-state index is -0.969. The highest BCUT2D eigenvalue weighted by atomic mass is 16.6. The van der Waals surface area contributed by atoms with Gasteiger partial charge in [-0.25, -0.2) is 0 Å². The molecule has 0 bridgehead atoms. The molecule has 5 heteroatoms. The van der Waals surface area contributed by atoms with E-state index in [2.05, 4.69) is 0 Å². The lowest BCUT2D eigenvalue weighted by molar-refractivity contribution is -0.419. The Labute approximate surface area is 81.4 Å². The number of carbonyl (C=O) groups excluding carboxylic acids is 1. The lowest BCUT2D eigenvalue weighted by Gasteiger charge is -2.28. The Morgan fingerprint density at radius 3 is 2.64 bits per heavy atom. The second-order valence-corrected chi connectivity index (χ2v) is 3.64. The fourth-order valence-electron chi connectivity index (χ4n) is 1.55. The van der Waals surface area contributed by atoms with Crippen molar-refractivity contribution in [3.8, 4) is 0 Å². The molecule has 0 amide bonds. The molecule has 0 radical (unpaired) electrons. The smallest absolute Gasteiger partial charge is 0.267 e. The van der Waals surface area contributed by atoms with Gasteiger partial charge >= 0.3 is 0 Å². The van der Waals surface area contributed by atoms with Crippen LogP contribution in [0.5, 0.6) is 0 Å². The second-order valence-electron chi connectivity index (χ2n) is 3.64. The van der Waals surface area contributed by atoms with Crippen molar-refractivity contribution in [2.24, 2.45) is 11.7 Å². The molecule has 0 spiro atoms. The van der Waals surface area contributed by atoms with Gasteiger partial charge in [-0.1, -0.05) is 6.08 Å². The zero-order chi connectivity index (χ0) is 10.9. The molecular weight excluding hydrogens is 184 g/mol. The van der Waals surface area contributed by atoms with E-state index in [1.165, 1.54) is 25.2 Å². The largest absolute Gasteiger partial charge is 0.321 e. The fraction of sp³-hybridized carbons (Fsp3) is 0.444. The Bertz CT molecular complexity index is 342. The van der Waals surface area contributed by atoms with Crippen molar-refractivity contribution >= 4 is 5.78 Å². The number of nitrogens with two attached hydrogens (primary N) is 1. The van der Waals surface area contributed by atoms with Gasteiger partial charge in [-0.05, 0) is 13.8 Å². The van der Waals surface area contributed by atoms with Crippen LogP contribution in [0.1, 0.15) is 13.8 Å². The minimum absolute atomic E-state index is 0.0625. The molecule has 2 unspecified atom stereocenters. The molecule has 1 aliphatic carbocycles. The normalized spacial score (nSPS) is 31.1. The van der Waals surface area contributed by atoms with Gasteiger partial charge in [0.1, 0.15) is 5.78 Å². The van der Waals surface area contributed by atoms with Crippen molar-refractivity contribution in [3.05, 3.63) is 34.0 Å². The summed E-state index contributed by atoms with van der Waals surface area (Å²) in [6.45, 7) is 3.02. The van der Waals surface area contributed by atoms with Crippen molar-refractivity contribution in [1.82, 2.24) is 0 Å². The first-order valence-electron chi connectivity index (χ1n) is 4.19. The van der Waals surface area contributed by atoms with Gasteiger partial charge in [-0.15, -0.1) is 0 Å². The highest BCUT2D eigenvalue weighted by molar-refractivity contribution is 5.82. The van der Waals surface area contributed by atoms with Crippen LogP contribution in [-0.2, 0) is 4.79 Å². The number of nitro groups is 1. The lowest BCUT2D eigenvalue weighted by atomic mass is 9.80. The predicted octanol–water partition coefficient (Wildman–Crippen LogP) is 0.639. The van der Waals surface area contributed by atoms with Gasteiger partial charge < -0.3 is 5.73 Å². The first kappa shape index (κ1) is 10.6. The number of rotatable bonds is 2. The molecule has 0 fully saturated rings. The van der Waals surface area contributed by atoms with Crippen LogP contribution >= 0.6 is 0 Å². The first-order valence-corrected chi connectivity index (χ1v) is 4.19. The van der Waals surface area contributed by atoms with Crippen LogP contribution in [0.4, 0.5) is 0 Å². The summed E-state index contributed by atoms with van der Waals surface area (Å²) in [5.41, 5.74) is 4.77. The lowest BCUT2D eigenvalue weighted by Crippen LogP contribution is -2.46. The molecule has 1 rings (SSSR count). The third-order valence-electron chi connectivity index (χ3n) is 2.24. The van der Waals surface area contributed by atoms with E-state index in [1.54, 1.807) is 6.92 Å². The highest BCUT2D eigenvalue weighted by Crippen LogP contribution is 2.25. The summed E-state index contributed by atoms with van der Waals surface area (Å²) in [7, 11) is 0. The molecule has 1 aliphatic rings. The molecule has 0 aromatic carbocycles. The van der Waals surface area contributed by atoms with Crippen LogP contribution < -0.4 is 5.73 Å². The van der Waals surface area contributed by atoms with Gasteiger partial charge in [-0.3, -0.25) is 14.9 Å². The van der Waals surface area contributed by atoms with Gasteiger partial charge in [0.05, 0.1) is 16.4 Å². The Morgan fingerprint density at radius 2 is 2.29 bits per heavy atom. The van der Waals surface area contributed by atoms with E-state index in [4.69, 9.17) is 5.73 Å². The molecule has 0 saturated heterocycles. The van der Waals surface area contributed by atoms with E-state index >= 15 is 0 Å². The van der Waals surface area contributed by atoms with E-state index in [0.29, 0.717) is 0 Å². The van der Waals surface area contributed by atoms with Crippen molar-refractivity contribution in [2.75, 3.05) is 0 Å². The van der Waals surface area contributed by atoms with E-state index in [9.17, 15) is 14.9 Å². The summed E-state index contributed by atoms with van der Waals surface area (Å²) < 4.78 is 0. The molecule has 0 aromatic heterocycles. The Balaban J connectivity index is 3.04. The number of allylic oxidation sites excluding steroid dienone is 1. The Kier molecular flexibility index (Phi) is 2.53. The second kappa shape index (κ2) is 3.34. The molecular formula is C9H12N2O3. The topological polar surface area (TPSA) is 86.2 Å². The Hall–Kier alpha value is -1.49. The molecule has 2 atom stereocenters. The quantitative estimate of drug-likeness (QED) is 0.518. The maximum Gasteiger partial charge on any atom is 0.267 e. The fourth-order valence-corrected chi connectivity index (χ4v) is 1.55. The third kappa shape index (κ3) is 1.88. The van der Waals surface area contributed by atoms with Crippen LogP contribution in [0, 0.1) is 16.0 Å². The molecule has 0 aliphatic heterocycles. The van der Waals surface area contributed by atoms with E-state index in [0.717, 1.165) is 0 Å². The summed E-state index contributed by atoms with van der Waals surface area (Å²) in [6.07, 6.45) is 4.13. The average Bonchev–Trinajstić information content (AvgIpc) is 2.01. The van der Waals surface area contributed by atoms with Crippen molar-refractivity contribution < 1.29 is 9.72 Å². The summed E-state index contributed by atoms with van der Waals surface area (Å²) in [5.74, 6) is -0.573. The molecule has 14 heavy (non-hydrogen) atoms. The van der Waals surface area contributed by atoms with Crippen LogP contribution in [0.3, 0.4) is 0 Å². The number of hydrogen-bond acceptors (Lipinski definition) is 4. The maximum absolute atomic E-state index is 11.2. The maximum atomic E-state index is 11.2. The number of nitrogens with zero attached hydrogens (tertiary/aromatic N) is 1. The van der Waals surface area contributed by atoms with Crippen LogP contribution in [-0.4, -0.2) is 16.2 Å². The molecule has 5 nitrogen and oxygen atoms in total. The number of Topliss-reactive ketones (excluding diaryl/α,β-unsaturated/α-hetero) is 1. The van der Waals surface area contributed by atoms with Crippen molar-refractivity contribution in [2.45, 2.75) is 19.4 Å². The molecule has 2 N–H and O–H groups in total. The number of ketones is 1. The summed E-state index contributed by atoms with van der Waals surface area (Å²) >= 11 is 0. The van der Waals surface area contributed by atoms with E-state index in [1.807, 2.05) is 0 Å². The highest BCUT2D eigenvalue weighted by Gasteiger charge is 2.35. The SMILES string of the molecule is CC(=O)C1C=CC([N+](=O)[O-])=CC1(C)N. The third-order valence-corrected chi connectivity index (χ3v) is 2.24. The predicted molar refractivity (Wildman–Crippen MR) is 51.0 cm³/mol. The molecule has 0 aromatic rings. The van der Waals surface area contributed by atoms with Gasteiger partial charge in [0.15, 0.2) is 0 Å². The molecule has 76 valence electrons. The van der Waals surface area contributed by atoms with Crippen molar-refractivity contribution in [3.63, 3.8) is 0 Å². The monoisotopic (exact) mass is 196 g/mol. The van der Waals surface area contributed by atoms with Gasteiger partial charge in [-0.2, -0.15) is 0 Å². The zero-order valence-corrected chi connectivity index (χ0v) is 8.06. The zero-order valence-electron chi connectivity index (χ0n) is 8.06. The molecule has 0 heterocycles. The van der Waals surface area contributed by atoms with E-state index < -0.39 is 16.4 Å². The van der Waals surface area contributed by atoms with Gasteiger partial charge in [0.25, 0.3) is 5.70 Å². The average molecular weight is 196 g/mol. The minimum Gasteiger partial charge on any atom is -0.321 e. The van der Waals surface area contributed by atoms with Gasteiger partial charge in [0.2, 0.25) is 0 Å². The van der Waals surface area contributed by atoms with E-state index in [-0.39, 0.29) is 11.5 Å². The van der Waals surface area contributed by atoms with Crippen LogP contribution in [0.15, 0.2) is 23.9 Å². The summed E-state index contributed by atoms with van der Waals surface area (Å²) in [4.78, 5) is 21.1. The molecule has 0 saturated carbocycles. The standard InChI is InChI=1S/C9H12N2O3/c1-6(12)8-4-3-7(11(13)14)5-9(8,2)10/h3-5,8H,10H2,1-2H3. The Morgan fingerprint density at radius 1 is 1.71 bits per heavy atom. The van der Waals surface area contributed by atoms with Crippen molar-refractivity contribution in [1.29, 1.82) is 0 Å². The van der Waals surface area contributed by atoms with Crippen LogP contribution in [0.2, 0.25) is 0 Å². The number of hydrogen-bond donors (Lipinski definition) is 1. The summed E-state index contributed by atoms with van der Waals surface area (Å²) in [5, 5.41) is 10.5. The number of carbonyl (C=O) groups is 1. The summed E-state index contributed by atoms with van der Waals surface area (Å²) in [6, 6.07) is 0.